The van der Waals surface area contributed by atoms with Crippen molar-refractivity contribution in [1.82, 2.24) is 10.3 Å². The molecule has 1 amide bonds. The van der Waals surface area contributed by atoms with Crippen molar-refractivity contribution in [3.05, 3.63) is 60.2 Å². The summed E-state index contributed by atoms with van der Waals surface area (Å²) in [6, 6.07) is 17.5. The van der Waals surface area contributed by atoms with Crippen LogP contribution in [0, 0.1) is 0 Å². The maximum absolute atomic E-state index is 12.9. The number of para-hydroxylation sites is 1. The highest BCUT2D eigenvalue weighted by atomic mass is 16.5. The van der Waals surface area contributed by atoms with Gasteiger partial charge in [-0.3, -0.25) is 4.79 Å². The lowest BCUT2D eigenvalue weighted by Gasteiger charge is -2.11. The Bertz CT molecular complexity index is 920. The van der Waals surface area contributed by atoms with Gasteiger partial charge in [0, 0.05) is 17.5 Å². The molecule has 1 aromatic heterocycles. The van der Waals surface area contributed by atoms with Crippen LogP contribution in [0.15, 0.2) is 54.6 Å². The third-order valence-corrected chi connectivity index (χ3v) is 4.74. The SMILES string of the molecule is CCCCCCNC(=O)c1cc(-c2ccc(OCC)cc2)nc2ccccc12. The van der Waals surface area contributed by atoms with Gasteiger partial charge in [-0.2, -0.15) is 0 Å². The summed E-state index contributed by atoms with van der Waals surface area (Å²) in [4.78, 5) is 17.6. The molecule has 0 spiro atoms. The Morgan fingerprint density at radius 3 is 2.54 bits per heavy atom. The highest BCUT2D eigenvalue weighted by Gasteiger charge is 2.13. The van der Waals surface area contributed by atoms with Crippen molar-refractivity contribution < 1.29 is 9.53 Å². The number of aromatic nitrogens is 1. The Balaban J connectivity index is 1.87. The lowest BCUT2D eigenvalue weighted by atomic mass is 10.0. The maximum atomic E-state index is 12.9. The van der Waals surface area contributed by atoms with Crippen LogP contribution >= 0.6 is 0 Å². The Kier molecular flexibility index (Phi) is 7.01. The molecule has 0 unspecified atom stereocenters. The first-order valence-corrected chi connectivity index (χ1v) is 10.1. The van der Waals surface area contributed by atoms with Crippen LogP contribution in [0.2, 0.25) is 0 Å². The van der Waals surface area contributed by atoms with E-state index >= 15 is 0 Å². The molecule has 0 aliphatic rings. The maximum Gasteiger partial charge on any atom is 0.252 e. The Labute approximate surface area is 166 Å². The van der Waals surface area contributed by atoms with E-state index in [4.69, 9.17) is 9.72 Å². The quantitative estimate of drug-likeness (QED) is 0.494. The summed E-state index contributed by atoms with van der Waals surface area (Å²) in [6.07, 6.45) is 4.55. The third kappa shape index (κ3) is 4.89. The van der Waals surface area contributed by atoms with Gasteiger partial charge in [0.1, 0.15) is 5.75 Å². The molecule has 0 bridgehead atoms. The van der Waals surface area contributed by atoms with E-state index in [1.54, 1.807) is 0 Å². The summed E-state index contributed by atoms with van der Waals surface area (Å²) >= 11 is 0. The number of unbranched alkanes of at least 4 members (excludes halogenated alkanes) is 3. The molecule has 0 radical (unpaired) electrons. The number of rotatable bonds is 9. The van der Waals surface area contributed by atoms with Gasteiger partial charge in [-0.05, 0) is 49.7 Å². The fourth-order valence-electron chi connectivity index (χ4n) is 3.25. The zero-order valence-corrected chi connectivity index (χ0v) is 16.7. The van der Waals surface area contributed by atoms with Gasteiger partial charge in [-0.25, -0.2) is 4.98 Å². The van der Waals surface area contributed by atoms with E-state index in [9.17, 15) is 4.79 Å². The van der Waals surface area contributed by atoms with Crippen LogP contribution in [0.5, 0.6) is 5.75 Å². The lowest BCUT2D eigenvalue weighted by molar-refractivity contribution is 0.0954. The number of hydrogen-bond donors (Lipinski definition) is 1. The molecule has 0 saturated carbocycles. The normalized spacial score (nSPS) is 10.8. The second-order valence-electron chi connectivity index (χ2n) is 6.85. The minimum Gasteiger partial charge on any atom is -0.494 e. The third-order valence-electron chi connectivity index (χ3n) is 4.74. The molecule has 0 fully saturated rings. The number of fused-ring (bicyclic) bond motifs is 1. The van der Waals surface area contributed by atoms with Crippen molar-refractivity contribution in [3.8, 4) is 17.0 Å². The standard InChI is InChI=1S/C24H28N2O2/c1-3-5-6-9-16-25-24(27)21-17-23(26-22-11-8-7-10-20(21)22)18-12-14-19(15-13-18)28-4-2/h7-8,10-15,17H,3-6,9,16H2,1-2H3,(H,25,27). The van der Waals surface area contributed by atoms with Crippen LogP contribution in [0.3, 0.4) is 0 Å². The summed E-state index contributed by atoms with van der Waals surface area (Å²) in [7, 11) is 0. The molecular weight excluding hydrogens is 348 g/mol. The van der Waals surface area contributed by atoms with Crippen molar-refractivity contribution in [3.63, 3.8) is 0 Å². The number of ether oxygens (including phenoxy) is 1. The second kappa shape index (κ2) is 9.88. The predicted molar refractivity (Wildman–Crippen MR) is 115 cm³/mol. The van der Waals surface area contributed by atoms with E-state index in [1.165, 1.54) is 12.8 Å². The molecule has 0 aliphatic heterocycles. The number of amides is 1. The van der Waals surface area contributed by atoms with Gasteiger partial charge in [0.25, 0.3) is 5.91 Å². The van der Waals surface area contributed by atoms with Crippen molar-refractivity contribution >= 4 is 16.8 Å². The van der Waals surface area contributed by atoms with Gasteiger partial charge in [0.05, 0.1) is 23.4 Å². The number of pyridine rings is 1. The van der Waals surface area contributed by atoms with Crippen molar-refractivity contribution in [2.24, 2.45) is 0 Å². The molecule has 1 heterocycles. The molecule has 4 heteroatoms. The van der Waals surface area contributed by atoms with E-state index < -0.39 is 0 Å². The van der Waals surface area contributed by atoms with Crippen LogP contribution in [-0.2, 0) is 0 Å². The number of benzene rings is 2. The molecule has 0 saturated heterocycles. The topological polar surface area (TPSA) is 51.2 Å². The molecule has 3 aromatic rings. The predicted octanol–water partition coefficient (Wildman–Crippen LogP) is 5.61. The summed E-state index contributed by atoms with van der Waals surface area (Å²) in [5.74, 6) is 0.791. The molecule has 3 rings (SSSR count). The highest BCUT2D eigenvalue weighted by molar-refractivity contribution is 6.07. The molecular formula is C24H28N2O2. The van der Waals surface area contributed by atoms with Crippen LogP contribution in [0.1, 0.15) is 49.9 Å². The van der Waals surface area contributed by atoms with E-state index in [-0.39, 0.29) is 5.91 Å². The molecule has 4 nitrogen and oxygen atoms in total. The van der Waals surface area contributed by atoms with Crippen molar-refractivity contribution in [2.45, 2.75) is 39.5 Å². The number of nitrogens with zero attached hydrogens (tertiary/aromatic N) is 1. The number of nitrogens with one attached hydrogen (secondary N) is 1. The van der Waals surface area contributed by atoms with E-state index in [0.717, 1.165) is 40.8 Å². The fourth-order valence-corrected chi connectivity index (χ4v) is 3.25. The van der Waals surface area contributed by atoms with Gasteiger partial charge in [0.2, 0.25) is 0 Å². The zero-order valence-electron chi connectivity index (χ0n) is 16.7. The average Bonchev–Trinajstić information content (AvgIpc) is 2.73. The van der Waals surface area contributed by atoms with Crippen molar-refractivity contribution in [2.75, 3.05) is 13.2 Å². The number of hydrogen-bond acceptors (Lipinski definition) is 3. The van der Waals surface area contributed by atoms with Crippen LogP contribution in [-0.4, -0.2) is 24.0 Å². The van der Waals surface area contributed by atoms with Crippen LogP contribution in [0.25, 0.3) is 22.2 Å². The summed E-state index contributed by atoms with van der Waals surface area (Å²) in [6.45, 7) is 5.49. The molecule has 1 N–H and O–H groups in total. The highest BCUT2D eigenvalue weighted by Crippen LogP contribution is 2.26. The van der Waals surface area contributed by atoms with Gasteiger partial charge >= 0.3 is 0 Å². The average molecular weight is 377 g/mol. The summed E-state index contributed by atoms with van der Waals surface area (Å²) < 4.78 is 5.52. The fraction of sp³-hybridized carbons (Fsp3) is 0.333. The van der Waals surface area contributed by atoms with Crippen LogP contribution in [0.4, 0.5) is 0 Å². The Morgan fingerprint density at radius 1 is 1.00 bits per heavy atom. The monoisotopic (exact) mass is 376 g/mol. The first-order valence-electron chi connectivity index (χ1n) is 10.1. The van der Waals surface area contributed by atoms with Gasteiger partial charge in [0.15, 0.2) is 0 Å². The minimum atomic E-state index is -0.0396. The summed E-state index contributed by atoms with van der Waals surface area (Å²) in [5.41, 5.74) is 3.25. The lowest BCUT2D eigenvalue weighted by Crippen LogP contribution is -2.24. The van der Waals surface area contributed by atoms with Gasteiger partial charge < -0.3 is 10.1 Å². The van der Waals surface area contributed by atoms with Gasteiger partial charge in [-0.1, -0.05) is 44.4 Å². The zero-order chi connectivity index (χ0) is 19.8. The number of carbonyl (C=O) groups excluding carboxylic acids is 1. The first kappa shape index (κ1) is 19.9. The van der Waals surface area contributed by atoms with E-state index in [0.29, 0.717) is 18.7 Å². The molecule has 2 aromatic carbocycles. The largest absolute Gasteiger partial charge is 0.494 e. The minimum absolute atomic E-state index is 0.0396. The number of carbonyl (C=O) groups is 1. The Hall–Kier alpha value is -2.88. The van der Waals surface area contributed by atoms with Gasteiger partial charge in [-0.15, -0.1) is 0 Å². The Morgan fingerprint density at radius 2 is 1.79 bits per heavy atom. The molecule has 0 aliphatic carbocycles. The van der Waals surface area contributed by atoms with Crippen molar-refractivity contribution in [1.29, 1.82) is 0 Å². The molecule has 146 valence electrons. The first-order chi connectivity index (χ1) is 13.7. The van der Waals surface area contributed by atoms with Crippen LogP contribution < -0.4 is 10.1 Å². The molecule has 28 heavy (non-hydrogen) atoms. The summed E-state index contributed by atoms with van der Waals surface area (Å²) in [5, 5.41) is 3.95. The second-order valence-corrected chi connectivity index (χ2v) is 6.85. The van der Waals surface area contributed by atoms with E-state index in [2.05, 4.69) is 12.2 Å². The van der Waals surface area contributed by atoms with E-state index in [1.807, 2.05) is 61.5 Å². The molecule has 0 atom stereocenters. The smallest absolute Gasteiger partial charge is 0.252 e.